The van der Waals surface area contributed by atoms with E-state index in [0.717, 1.165) is 23.2 Å². The Balaban J connectivity index is 0.00000387. The fraction of sp³-hybridized carbons (Fsp3) is 0.276. The zero-order valence-electron chi connectivity index (χ0n) is 21.9. The molecule has 1 saturated heterocycles. The third kappa shape index (κ3) is 7.33. The number of hydrogen-bond donors (Lipinski definition) is 1. The fourth-order valence-corrected chi connectivity index (χ4v) is 5.70. The molecule has 0 aliphatic carbocycles. The number of ether oxygens (including phenoxy) is 1. The molecule has 6 nitrogen and oxygen atoms in total. The highest BCUT2D eigenvalue weighted by molar-refractivity contribution is 7.09. The van der Waals surface area contributed by atoms with Gasteiger partial charge in [-0.2, -0.15) is 9.64 Å². The van der Waals surface area contributed by atoms with Gasteiger partial charge in [0.25, 0.3) is 0 Å². The first kappa shape index (κ1) is 30.2. The molecule has 12 heteroatoms. The van der Waals surface area contributed by atoms with E-state index >= 15 is 0 Å². The van der Waals surface area contributed by atoms with Crippen LogP contribution >= 0.6 is 23.9 Å². The standard InChI is InChI=1S/C29H25F4N5OS.ClH/c1-18-36-28(40-37-18)38-12-11-26(24(17-38)20-5-3-2-4-6-20)35-16-22-14-21(8-10-27(22)39-29(31,32)33)23-9-7-19(15-34)13-25(23)30;/h2-10,13-14,24,26,35H,11-12,16-17H2,1H3;1H/t24-,26-;/m0./s1. The van der Waals surface area contributed by atoms with Crippen molar-refractivity contribution < 1.29 is 22.3 Å². The van der Waals surface area contributed by atoms with Crippen molar-refractivity contribution in [1.82, 2.24) is 14.7 Å². The van der Waals surface area contributed by atoms with Crippen molar-refractivity contribution in [1.29, 1.82) is 5.26 Å². The van der Waals surface area contributed by atoms with Crippen LogP contribution in [0.5, 0.6) is 5.75 Å². The third-order valence-electron chi connectivity index (χ3n) is 6.88. The number of anilines is 1. The summed E-state index contributed by atoms with van der Waals surface area (Å²) in [6, 6.07) is 19.9. The van der Waals surface area contributed by atoms with Gasteiger partial charge in [0.05, 0.1) is 11.6 Å². The highest BCUT2D eigenvalue weighted by Crippen LogP contribution is 2.34. The van der Waals surface area contributed by atoms with Crippen molar-refractivity contribution in [3.63, 3.8) is 0 Å². The van der Waals surface area contributed by atoms with E-state index in [2.05, 4.69) is 24.3 Å². The quantitative estimate of drug-likeness (QED) is 0.229. The van der Waals surface area contributed by atoms with Gasteiger partial charge in [-0.15, -0.1) is 25.6 Å². The van der Waals surface area contributed by atoms with Crippen LogP contribution in [0, 0.1) is 24.1 Å². The number of hydrogen-bond acceptors (Lipinski definition) is 7. The summed E-state index contributed by atoms with van der Waals surface area (Å²) in [4.78, 5) is 6.71. The predicted molar refractivity (Wildman–Crippen MR) is 152 cm³/mol. The molecule has 0 amide bonds. The van der Waals surface area contributed by atoms with Crippen molar-refractivity contribution in [2.45, 2.75) is 38.2 Å². The molecule has 0 unspecified atom stereocenters. The number of nitrogens with zero attached hydrogens (tertiary/aromatic N) is 4. The van der Waals surface area contributed by atoms with Crippen LogP contribution in [0.25, 0.3) is 11.1 Å². The minimum atomic E-state index is -4.88. The molecule has 0 saturated carbocycles. The molecule has 1 aromatic heterocycles. The Morgan fingerprint density at radius 3 is 2.56 bits per heavy atom. The Kier molecular flexibility index (Phi) is 9.48. The van der Waals surface area contributed by atoms with Crippen LogP contribution < -0.4 is 15.0 Å². The minimum absolute atomic E-state index is 0. The number of piperidine rings is 1. The summed E-state index contributed by atoms with van der Waals surface area (Å²) in [5.74, 6) is -0.237. The Labute approximate surface area is 245 Å². The highest BCUT2D eigenvalue weighted by atomic mass is 35.5. The number of nitriles is 1. The van der Waals surface area contributed by atoms with E-state index in [1.807, 2.05) is 43.3 Å². The molecule has 0 bridgehead atoms. The van der Waals surface area contributed by atoms with Crippen LogP contribution in [-0.2, 0) is 6.54 Å². The van der Waals surface area contributed by atoms with Gasteiger partial charge in [0, 0.05) is 54.3 Å². The van der Waals surface area contributed by atoms with Gasteiger partial charge in [-0.25, -0.2) is 9.37 Å². The van der Waals surface area contributed by atoms with Crippen LogP contribution in [0.1, 0.15) is 34.9 Å². The number of halogens is 5. The number of rotatable bonds is 7. The molecule has 1 aliphatic rings. The minimum Gasteiger partial charge on any atom is -0.405 e. The zero-order valence-corrected chi connectivity index (χ0v) is 23.5. The molecule has 214 valence electrons. The lowest BCUT2D eigenvalue weighted by molar-refractivity contribution is -0.274. The molecule has 2 heterocycles. The molecular formula is C29H26ClF4N5OS. The van der Waals surface area contributed by atoms with Crippen LogP contribution in [0.15, 0.2) is 66.7 Å². The average Bonchev–Trinajstić information content (AvgIpc) is 3.38. The second-order valence-corrected chi connectivity index (χ2v) is 10.3. The lowest BCUT2D eigenvalue weighted by atomic mass is 9.86. The van der Waals surface area contributed by atoms with Crippen LogP contribution in [0.3, 0.4) is 0 Å². The van der Waals surface area contributed by atoms with Gasteiger partial charge in [0.15, 0.2) is 0 Å². The molecule has 0 spiro atoms. The van der Waals surface area contributed by atoms with E-state index in [0.29, 0.717) is 24.5 Å². The maximum atomic E-state index is 14.7. The maximum absolute atomic E-state index is 14.7. The molecular weight excluding hydrogens is 578 g/mol. The summed E-state index contributed by atoms with van der Waals surface area (Å²) in [7, 11) is 0. The lowest BCUT2D eigenvalue weighted by Gasteiger charge is -2.39. The Morgan fingerprint density at radius 1 is 1.12 bits per heavy atom. The highest BCUT2D eigenvalue weighted by Gasteiger charge is 2.34. The average molecular weight is 604 g/mol. The van der Waals surface area contributed by atoms with E-state index < -0.39 is 12.2 Å². The Morgan fingerprint density at radius 2 is 1.90 bits per heavy atom. The Bertz CT molecular complexity index is 1530. The third-order valence-corrected chi connectivity index (χ3v) is 7.75. The number of aromatic nitrogens is 2. The Hall–Kier alpha value is -3.72. The number of benzene rings is 3. The van der Waals surface area contributed by atoms with Gasteiger partial charge in [-0.05, 0) is 48.7 Å². The first-order chi connectivity index (χ1) is 19.2. The molecule has 2 atom stereocenters. The molecule has 3 aromatic carbocycles. The van der Waals surface area contributed by atoms with E-state index in [1.165, 1.54) is 41.9 Å². The monoisotopic (exact) mass is 603 g/mol. The topological polar surface area (TPSA) is 74.1 Å². The summed E-state index contributed by atoms with van der Waals surface area (Å²) in [6.45, 7) is 3.29. The molecule has 0 radical (unpaired) electrons. The van der Waals surface area contributed by atoms with Crippen molar-refractivity contribution >= 4 is 29.1 Å². The fourth-order valence-electron chi connectivity index (χ4n) is 4.99. The van der Waals surface area contributed by atoms with E-state index in [9.17, 15) is 17.6 Å². The normalized spacial score (nSPS) is 17.0. The maximum Gasteiger partial charge on any atom is 0.573 e. The number of aryl methyl sites for hydroxylation is 1. The van der Waals surface area contributed by atoms with Gasteiger partial charge in [-0.3, -0.25) is 0 Å². The smallest absolute Gasteiger partial charge is 0.405 e. The van der Waals surface area contributed by atoms with E-state index in [4.69, 9.17) is 5.26 Å². The second-order valence-electron chi connectivity index (χ2n) is 9.54. The van der Waals surface area contributed by atoms with Gasteiger partial charge < -0.3 is 15.0 Å². The first-order valence-electron chi connectivity index (χ1n) is 12.6. The number of nitrogens with one attached hydrogen (secondary N) is 1. The molecule has 1 N–H and O–H groups in total. The van der Waals surface area contributed by atoms with E-state index in [-0.39, 0.29) is 53.4 Å². The molecule has 5 rings (SSSR count). The second kappa shape index (κ2) is 12.9. The molecule has 1 aliphatic heterocycles. The van der Waals surface area contributed by atoms with Crippen molar-refractivity contribution in [2.75, 3.05) is 18.0 Å². The zero-order chi connectivity index (χ0) is 28.3. The van der Waals surface area contributed by atoms with Crippen molar-refractivity contribution in [2.24, 2.45) is 0 Å². The first-order valence-corrected chi connectivity index (χ1v) is 13.4. The van der Waals surface area contributed by atoms with Crippen molar-refractivity contribution in [3.8, 4) is 22.9 Å². The van der Waals surface area contributed by atoms with Gasteiger partial charge in [0.2, 0.25) is 5.13 Å². The molecule has 41 heavy (non-hydrogen) atoms. The summed E-state index contributed by atoms with van der Waals surface area (Å²) >= 11 is 1.35. The van der Waals surface area contributed by atoms with Gasteiger partial charge in [-0.1, -0.05) is 42.5 Å². The summed E-state index contributed by atoms with van der Waals surface area (Å²) in [5, 5.41) is 13.3. The van der Waals surface area contributed by atoms with E-state index in [1.54, 1.807) is 0 Å². The summed E-state index contributed by atoms with van der Waals surface area (Å²) in [5.41, 5.74) is 2.07. The van der Waals surface area contributed by atoms with Crippen LogP contribution in [0.2, 0.25) is 0 Å². The number of alkyl halides is 3. The molecule has 4 aromatic rings. The summed E-state index contributed by atoms with van der Waals surface area (Å²) < 4.78 is 63.0. The van der Waals surface area contributed by atoms with Gasteiger partial charge >= 0.3 is 6.36 Å². The summed E-state index contributed by atoms with van der Waals surface area (Å²) in [6.07, 6.45) is -4.16. The predicted octanol–water partition coefficient (Wildman–Crippen LogP) is 7.00. The van der Waals surface area contributed by atoms with Crippen LogP contribution in [0.4, 0.5) is 22.7 Å². The largest absolute Gasteiger partial charge is 0.573 e. The van der Waals surface area contributed by atoms with Crippen molar-refractivity contribution in [3.05, 3.63) is 95.1 Å². The van der Waals surface area contributed by atoms with Gasteiger partial charge in [0.1, 0.15) is 17.4 Å². The SMILES string of the molecule is Cc1nsc(N2CC[C@H](NCc3cc(-c4ccc(C#N)cc4F)ccc3OC(F)(F)F)[C@H](c3ccccc3)C2)n1.Cl. The lowest BCUT2D eigenvalue weighted by Crippen LogP contribution is -2.48. The molecule has 1 fully saturated rings. The van der Waals surface area contributed by atoms with Crippen LogP contribution in [-0.4, -0.2) is 34.9 Å².